The number of rotatable bonds is 12. The van der Waals surface area contributed by atoms with Crippen LogP contribution in [0.25, 0.3) is 0 Å². The molecule has 0 saturated heterocycles. The van der Waals surface area contributed by atoms with Crippen LogP contribution in [0.15, 0.2) is 29.2 Å². The highest BCUT2D eigenvalue weighted by Crippen LogP contribution is 2.02. The summed E-state index contributed by atoms with van der Waals surface area (Å²) < 4.78 is 0. The van der Waals surface area contributed by atoms with E-state index in [0.29, 0.717) is 0 Å². The first-order valence-corrected chi connectivity index (χ1v) is 7.03. The third kappa shape index (κ3) is 9.27. The fourth-order valence-corrected chi connectivity index (χ4v) is 1.56. The second-order valence-electron chi connectivity index (χ2n) is 4.20. The molecule has 0 saturated carbocycles. The lowest BCUT2D eigenvalue weighted by atomic mass is 10.3. The average Bonchev–Trinajstić information content (AvgIpc) is 2.43. The minimum absolute atomic E-state index is 0.726. The van der Waals surface area contributed by atoms with Gasteiger partial charge in [-0.1, -0.05) is 6.58 Å². The molecule has 0 radical (unpaired) electrons. The Bertz CT molecular complexity index is 284. The van der Waals surface area contributed by atoms with Crippen molar-refractivity contribution in [2.75, 3.05) is 26.2 Å². The van der Waals surface area contributed by atoms with E-state index in [-0.39, 0.29) is 0 Å². The van der Waals surface area contributed by atoms with Gasteiger partial charge in [0.15, 0.2) is 0 Å². The number of unbranched alkanes of at least 4 members (excludes halogenated alkanes) is 2. The summed E-state index contributed by atoms with van der Waals surface area (Å²) in [4.78, 5) is 4.35. The minimum Gasteiger partial charge on any atom is -0.382 e. The predicted molar refractivity (Wildman–Crippen MR) is 84.0 cm³/mol. The second kappa shape index (κ2) is 13.1. The second-order valence-corrected chi connectivity index (χ2v) is 4.20. The largest absolute Gasteiger partial charge is 0.382 e. The van der Waals surface area contributed by atoms with E-state index < -0.39 is 0 Å². The van der Waals surface area contributed by atoms with Crippen LogP contribution in [-0.2, 0) is 0 Å². The highest BCUT2D eigenvalue weighted by Gasteiger charge is 2.01. The molecule has 5 nitrogen and oxygen atoms in total. The Morgan fingerprint density at radius 3 is 2.11 bits per heavy atom. The molecule has 0 atom stereocenters. The first-order valence-electron chi connectivity index (χ1n) is 7.03. The van der Waals surface area contributed by atoms with Crippen LogP contribution in [0.5, 0.6) is 0 Å². The van der Waals surface area contributed by atoms with Crippen molar-refractivity contribution < 1.29 is 0 Å². The Kier molecular flexibility index (Phi) is 12.2. The lowest BCUT2D eigenvalue weighted by Crippen LogP contribution is -2.23. The van der Waals surface area contributed by atoms with Crippen molar-refractivity contribution in [1.82, 2.24) is 10.6 Å². The number of nitrogens with zero attached hydrogens (tertiary/aromatic N) is 1. The minimum atomic E-state index is 0.726. The summed E-state index contributed by atoms with van der Waals surface area (Å²) in [6.07, 6.45) is 7.69. The van der Waals surface area contributed by atoms with Crippen LogP contribution in [0.3, 0.4) is 0 Å². The van der Waals surface area contributed by atoms with Gasteiger partial charge in [-0.3, -0.25) is 0 Å². The lowest BCUT2D eigenvalue weighted by Gasteiger charge is -2.13. The van der Waals surface area contributed by atoms with E-state index in [9.17, 15) is 0 Å². The van der Waals surface area contributed by atoms with Crippen LogP contribution in [0.2, 0.25) is 0 Å². The molecule has 0 heterocycles. The van der Waals surface area contributed by atoms with Gasteiger partial charge in [0.05, 0.1) is 5.70 Å². The smallest absolute Gasteiger partial charge is 0.148 e. The van der Waals surface area contributed by atoms with Gasteiger partial charge in [-0.25, -0.2) is 4.99 Å². The molecular weight excluding hydrogens is 238 g/mol. The summed E-state index contributed by atoms with van der Waals surface area (Å²) in [5.41, 5.74) is 11.9. The summed E-state index contributed by atoms with van der Waals surface area (Å²) in [5.74, 6) is 0.835. The zero-order valence-corrected chi connectivity index (χ0v) is 12.1. The van der Waals surface area contributed by atoms with Crippen LogP contribution < -0.4 is 22.1 Å². The fourth-order valence-electron chi connectivity index (χ4n) is 1.56. The van der Waals surface area contributed by atoms with Crippen LogP contribution in [-0.4, -0.2) is 32.4 Å². The van der Waals surface area contributed by atoms with Crippen molar-refractivity contribution in [3.8, 4) is 0 Å². The molecular formula is C14H29N5. The van der Waals surface area contributed by atoms with E-state index in [4.69, 9.17) is 11.5 Å². The topological polar surface area (TPSA) is 88.5 Å². The molecule has 0 unspecified atom stereocenters. The van der Waals surface area contributed by atoms with Crippen molar-refractivity contribution in [3.63, 3.8) is 0 Å². The molecule has 0 amide bonds. The van der Waals surface area contributed by atoms with Crippen molar-refractivity contribution in [2.24, 2.45) is 16.5 Å². The molecule has 19 heavy (non-hydrogen) atoms. The lowest BCUT2D eigenvalue weighted by molar-refractivity contribution is 0.655. The van der Waals surface area contributed by atoms with Gasteiger partial charge in [0.2, 0.25) is 0 Å². The van der Waals surface area contributed by atoms with Crippen molar-refractivity contribution in [1.29, 1.82) is 0 Å². The molecule has 6 N–H and O–H groups in total. The summed E-state index contributed by atoms with van der Waals surface area (Å²) in [7, 11) is 0. The average molecular weight is 267 g/mol. The van der Waals surface area contributed by atoms with Crippen LogP contribution in [0.4, 0.5) is 0 Å². The van der Waals surface area contributed by atoms with Gasteiger partial charge in [0, 0.05) is 19.3 Å². The monoisotopic (exact) mass is 267 g/mol. The van der Waals surface area contributed by atoms with Crippen LogP contribution in [0.1, 0.15) is 32.6 Å². The third-order valence-corrected chi connectivity index (χ3v) is 2.59. The van der Waals surface area contributed by atoms with Crippen LogP contribution in [0, 0.1) is 0 Å². The quantitative estimate of drug-likeness (QED) is 0.242. The number of hydrogen-bond acceptors (Lipinski definition) is 5. The number of allylic oxidation sites excluding steroid dienone is 1. The predicted octanol–water partition coefficient (Wildman–Crippen LogP) is 1.09. The highest BCUT2D eigenvalue weighted by molar-refractivity contribution is 5.55. The van der Waals surface area contributed by atoms with Crippen molar-refractivity contribution in [2.45, 2.75) is 32.6 Å². The van der Waals surface area contributed by atoms with Gasteiger partial charge in [0.25, 0.3) is 0 Å². The number of nitrogens with two attached hydrogens (primary N) is 2. The Morgan fingerprint density at radius 2 is 1.63 bits per heavy atom. The Labute approximate surface area is 117 Å². The van der Waals surface area contributed by atoms with Gasteiger partial charge < -0.3 is 22.1 Å². The van der Waals surface area contributed by atoms with Crippen molar-refractivity contribution in [3.05, 3.63) is 24.2 Å². The molecule has 0 aliphatic heterocycles. The molecule has 0 aliphatic rings. The molecule has 0 fully saturated rings. The number of hydrogen-bond donors (Lipinski definition) is 4. The Balaban J connectivity index is 4.36. The van der Waals surface area contributed by atoms with E-state index in [0.717, 1.165) is 63.4 Å². The summed E-state index contributed by atoms with van der Waals surface area (Å²) in [6.45, 7) is 8.93. The highest BCUT2D eigenvalue weighted by atomic mass is 15.1. The summed E-state index contributed by atoms with van der Waals surface area (Å²) in [6, 6.07) is 0. The van der Waals surface area contributed by atoms with E-state index in [1.807, 2.05) is 6.92 Å². The number of nitrogens with one attached hydrogen (secondary N) is 2. The normalized spacial score (nSPS) is 12.4. The maximum atomic E-state index is 5.48. The molecule has 5 heteroatoms. The Hall–Kier alpha value is -1.33. The van der Waals surface area contributed by atoms with E-state index in [1.54, 1.807) is 12.3 Å². The summed E-state index contributed by atoms with van der Waals surface area (Å²) >= 11 is 0. The molecule has 0 aromatic heterocycles. The van der Waals surface area contributed by atoms with Crippen molar-refractivity contribution >= 4 is 6.21 Å². The van der Waals surface area contributed by atoms with E-state index in [2.05, 4.69) is 22.2 Å². The summed E-state index contributed by atoms with van der Waals surface area (Å²) in [5, 5.41) is 6.65. The zero-order chi connectivity index (χ0) is 14.3. The van der Waals surface area contributed by atoms with Gasteiger partial charge in [-0.05, 0) is 51.8 Å². The molecule has 0 spiro atoms. The van der Waals surface area contributed by atoms with Gasteiger partial charge in [-0.2, -0.15) is 0 Å². The SMILES string of the molecule is C=C/C(NCCCCN)=C(\N=CC)NCCCCN. The van der Waals surface area contributed by atoms with Gasteiger partial charge in [0.1, 0.15) is 5.82 Å². The number of aliphatic imine (C=N–C) groups is 1. The Morgan fingerprint density at radius 1 is 1.05 bits per heavy atom. The first kappa shape index (κ1) is 17.7. The molecule has 110 valence electrons. The molecule has 0 rings (SSSR count). The molecule has 0 aromatic rings. The maximum Gasteiger partial charge on any atom is 0.148 e. The van der Waals surface area contributed by atoms with Gasteiger partial charge in [-0.15, -0.1) is 0 Å². The first-order chi connectivity index (χ1) is 9.29. The molecule has 0 bridgehead atoms. The fraction of sp³-hybridized carbons (Fsp3) is 0.643. The standard InChI is InChI=1S/C14H29N5/c1-3-13(18-11-7-5-9-15)14(17-4-2)19-12-8-6-10-16/h3-4,18-19H,1,5-12,15-16H2,2H3/b14-13-,17-4?. The zero-order valence-electron chi connectivity index (χ0n) is 12.1. The maximum absolute atomic E-state index is 5.48. The van der Waals surface area contributed by atoms with E-state index in [1.165, 1.54) is 0 Å². The molecule has 0 aliphatic carbocycles. The van der Waals surface area contributed by atoms with Crippen LogP contribution >= 0.6 is 0 Å². The third-order valence-electron chi connectivity index (χ3n) is 2.59. The van der Waals surface area contributed by atoms with Gasteiger partial charge >= 0.3 is 0 Å². The van der Waals surface area contributed by atoms with E-state index >= 15 is 0 Å². The molecule has 0 aromatic carbocycles.